The molecule has 0 spiro atoms. The molecule has 3 rings (SSSR count). The molecular weight excluding hydrogens is 508 g/mol. The average Bonchev–Trinajstić information content (AvgIpc) is 3.40. The van der Waals surface area contributed by atoms with Crippen molar-refractivity contribution in [3.05, 3.63) is 46.0 Å². The van der Waals surface area contributed by atoms with Gasteiger partial charge in [0.25, 0.3) is 0 Å². The fraction of sp³-hybridized carbons (Fsp3) is 0.500. The van der Waals surface area contributed by atoms with E-state index in [1.165, 1.54) is 35.8 Å². The second-order valence-electron chi connectivity index (χ2n) is 8.78. The summed E-state index contributed by atoms with van der Waals surface area (Å²) in [6.45, 7) is 4.88. The number of fused-ring (bicyclic) bond motifs is 4. The number of hydrogen-bond acceptors (Lipinski definition) is 9. The van der Waals surface area contributed by atoms with Gasteiger partial charge in [-0.05, 0) is 58.1 Å². The first-order valence-corrected chi connectivity index (χ1v) is 14.3. The second kappa shape index (κ2) is 11.0. The van der Waals surface area contributed by atoms with E-state index in [0.717, 1.165) is 17.3 Å². The zero-order valence-corrected chi connectivity index (χ0v) is 22.8. The third kappa shape index (κ3) is 5.29. The van der Waals surface area contributed by atoms with Crippen LogP contribution in [0.4, 0.5) is 0 Å². The summed E-state index contributed by atoms with van der Waals surface area (Å²) in [5, 5.41) is 13.3. The number of carbonyl (C=O) groups excluding carboxylic acids is 3. The van der Waals surface area contributed by atoms with Crippen LogP contribution in [0, 0.1) is 0 Å². The van der Waals surface area contributed by atoms with Gasteiger partial charge in [0.15, 0.2) is 5.78 Å². The summed E-state index contributed by atoms with van der Waals surface area (Å²) in [6, 6.07) is -0.611. The molecular formula is C24H30N2O6S3. The van der Waals surface area contributed by atoms with Gasteiger partial charge in [-0.25, -0.2) is 9.19 Å². The third-order valence-corrected chi connectivity index (χ3v) is 10.5. The lowest BCUT2D eigenvalue weighted by atomic mass is 9.81. The highest BCUT2D eigenvalue weighted by molar-refractivity contribution is 8.13. The molecule has 1 N–H and O–H groups in total. The van der Waals surface area contributed by atoms with Crippen molar-refractivity contribution in [3.63, 3.8) is 0 Å². The summed E-state index contributed by atoms with van der Waals surface area (Å²) < 4.78 is 19.1. The summed E-state index contributed by atoms with van der Waals surface area (Å²) in [5.74, 6) is -0.661. The molecule has 4 bridgehead atoms. The lowest BCUT2D eigenvalue weighted by molar-refractivity contribution is -0.132. The molecule has 8 nitrogen and oxygen atoms in total. The maximum Gasteiger partial charge on any atom is 0.236 e. The van der Waals surface area contributed by atoms with Crippen molar-refractivity contribution in [2.75, 3.05) is 13.4 Å². The maximum atomic E-state index is 14.0. The minimum Gasteiger partial charge on any atom is -0.380 e. The lowest BCUT2D eigenvalue weighted by Gasteiger charge is -2.39. The molecule has 11 heteroatoms. The Hall–Kier alpha value is -1.92. The summed E-state index contributed by atoms with van der Waals surface area (Å²) in [5.41, 5.74) is -0.642. The maximum absolute atomic E-state index is 14.0. The molecule has 3 heterocycles. The van der Waals surface area contributed by atoms with Crippen LogP contribution in [0.1, 0.15) is 56.8 Å². The molecule has 5 unspecified atom stereocenters. The van der Waals surface area contributed by atoms with Gasteiger partial charge >= 0.3 is 0 Å². The number of amides is 1. The first-order chi connectivity index (χ1) is 16.5. The van der Waals surface area contributed by atoms with E-state index in [4.69, 9.17) is 4.74 Å². The topological polar surface area (TPSA) is 114 Å². The molecule has 0 saturated carbocycles. The Morgan fingerprint density at radius 3 is 2.71 bits per heavy atom. The van der Waals surface area contributed by atoms with Crippen LogP contribution in [0.5, 0.6) is 0 Å². The number of ether oxygens (including phenoxy) is 1. The number of nitrogens with zero attached hydrogens (tertiary/aromatic N) is 2. The minimum atomic E-state index is -2.03. The molecule has 1 amide bonds. The van der Waals surface area contributed by atoms with E-state index in [2.05, 4.69) is 4.98 Å². The Kier molecular flexibility index (Phi) is 8.69. The number of allylic oxidation sites excluding steroid dienone is 3. The number of aromatic nitrogens is 1. The van der Waals surface area contributed by atoms with E-state index >= 15 is 0 Å². The molecule has 1 aromatic rings. The van der Waals surface area contributed by atoms with Crippen LogP contribution in [0.25, 0.3) is 6.08 Å². The quantitative estimate of drug-likeness (QED) is 0.583. The van der Waals surface area contributed by atoms with Crippen LogP contribution in [0.2, 0.25) is 0 Å². The summed E-state index contributed by atoms with van der Waals surface area (Å²) >= 11 is 2.16. The zero-order chi connectivity index (χ0) is 26.0. The predicted molar refractivity (Wildman–Crippen MR) is 139 cm³/mol. The standard InChI is InChI=1S/C24H30N2O6S3/c1-15-10-11-24(23(3,30)22(29)33-5)13-20(28)26(35(24)31)16(2)21-25-17(14-34-21)8-6-7-9-18(27)19(12-15)32-4/h6-9,12,14,16,19,30H,10-11,13H2,1-5H3/b8-6-,9-7-,15-12-. The fourth-order valence-corrected chi connectivity index (χ4v) is 7.77. The average molecular weight is 539 g/mol. The molecule has 0 aromatic carbocycles. The molecule has 2 aliphatic rings. The second-order valence-corrected chi connectivity index (χ2v) is 12.1. The Morgan fingerprint density at radius 1 is 1.37 bits per heavy atom. The summed E-state index contributed by atoms with van der Waals surface area (Å²) in [4.78, 5) is 43.2. The van der Waals surface area contributed by atoms with Crippen molar-refractivity contribution in [2.24, 2.45) is 0 Å². The normalized spacial score (nSPS) is 32.9. The third-order valence-electron chi connectivity index (χ3n) is 6.45. The van der Waals surface area contributed by atoms with Crippen LogP contribution in [0.15, 0.2) is 35.3 Å². The Balaban J connectivity index is 2.14. The van der Waals surface area contributed by atoms with Gasteiger partial charge in [0.1, 0.15) is 32.4 Å². The van der Waals surface area contributed by atoms with Crippen LogP contribution in [0.3, 0.4) is 0 Å². The summed E-state index contributed by atoms with van der Waals surface area (Å²) in [7, 11) is -0.587. The van der Waals surface area contributed by atoms with E-state index in [9.17, 15) is 23.7 Å². The van der Waals surface area contributed by atoms with Crippen LogP contribution in [-0.4, -0.2) is 65.2 Å². The number of thioether (sulfide) groups is 1. The number of aliphatic hydroxyl groups is 1. The fourth-order valence-electron chi connectivity index (χ4n) is 4.25. The van der Waals surface area contributed by atoms with E-state index in [-0.39, 0.29) is 18.6 Å². The van der Waals surface area contributed by atoms with Crippen LogP contribution < -0.4 is 0 Å². The molecule has 35 heavy (non-hydrogen) atoms. The van der Waals surface area contributed by atoms with Crippen molar-refractivity contribution in [1.82, 2.24) is 9.29 Å². The Bertz CT molecular complexity index is 1120. The molecule has 5 atom stereocenters. The van der Waals surface area contributed by atoms with Crippen LogP contribution >= 0.6 is 23.1 Å². The molecule has 1 saturated heterocycles. The van der Waals surface area contributed by atoms with E-state index in [0.29, 0.717) is 17.1 Å². The SMILES string of the molecule is COC1/C=C(/C)CCC2(C(C)(O)C(=O)SC)CC(=O)N(C(C)c3nc(cs3)/C=C\C=C/C1=O)S2=O. The van der Waals surface area contributed by atoms with E-state index < -0.39 is 44.5 Å². The van der Waals surface area contributed by atoms with Crippen molar-refractivity contribution in [2.45, 2.75) is 62.5 Å². The highest BCUT2D eigenvalue weighted by atomic mass is 32.2. The van der Waals surface area contributed by atoms with Crippen molar-refractivity contribution in [1.29, 1.82) is 0 Å². The Labute approximate surface area is 216 Å². The van der Waals surface area contributed by atoms with E-state index in [1.807, 2.05) is 0 Å². The molecule has 190 valence electrons. The first-order valence-electron chi connectivity index (χ1n) is 11.1. The van der Waals surface area contributed by atoms with Gasteiger partial charge in [-0.1, -0.05) is 29.5 Å². The first kappa shape index (κ1) is 27.7. The zero-order valence-electron chi connectivity index (χ0n) is 20.3. The summed E-state index contributed by atoms with van der Waals surface area (Å²) in [6.07, 6.45) is 9.00. The molecule has 0 aliphatic carbocycles. The van der Waals surface area contributed by atoms with Gasteiger partial charge in [-0.3, -0.25) is 18.7 Å². The number of carbonyl (C=O) groups is 3. The number of hydrogen-bond donors (Lipinski definition) is 1. The van der Waals surface area contributed by atoms with E-state index in [1.54, 1.807) is 49.8 Å². The highest BCUT2D eigenvalue weighted by Crippen LogP contribution is 2.48. The lowest BCUT2D eigenvalue weighted by Crippen LogP contribution is -2.58. The highest BCUT2D eigenvalue weighted by Gasteiger charge is 2.63. The van der Waals surface area contributed by atoms with Gasteiger partial charge in [-0.2, -0.15) is 0 Å². The van der Waals surface area contributed by atoms with Crippen LogP contribution in [-0.2, 0) is 30.1 Å². The van der Waals surface area contributed by atoms with Gasteiger partial charge in [0, 0.05) is 12.5 Å². The van der Waals surface area contributed by atoms with Crippen molar-refractivity contribution in [3.8, 4) is 0 Å². The predicted octanol–water partition coefficient (Wildman–Crippen LogP) is 3.37. The minimum absolute atomic E-state index is 0.0986. The molecule has 0 radical (unpaired) electrons. The number of methoxy groups -OCH3 is 1. The smallest absolute Gasteiger partial charge is 0.236 e. The van der Waals surface area contributed by atoms with Crippen molar-refractivity contribution < 1.29 is 28.4 Å². The Morgan fingerprint density at radius 2 is 2.06 bits per heavy atom. The molecule has 2 aliphatic heterocycles. The largest absolute Gasteiger partial charge is 0.380 e. The monoisotopic (exact) mass is 538 g/mol. The molecule has 1 aromatic heterocycles. The van der Waals surface area contributed by atoms with Gasteiger partial charge in [-0.15, -0.1) is 11.3 Å². The van der Waals surface area contributed by atoms with Gasteiger partial charge in [0.05, 0.1) is 18.2 Å². The molecule has 1 fully saturated rings. The number of rotatable bonds is 3. The van der Waals surface area contributed by atoms with Gasteiger partial charge in [0.2, 0.25) is 11.0 Å². The number of ketones is 1. The van der Waals surface area contributed by atoms with Crippen molar-refractivity contribution >= 4 is 57.0 Å². The van der Waals surface area contributed by atoms with Gasteiger partial charge < -0.3 is 9.84 Å². The number of thiazole rings is 1.